The quantitative estimate of drug-likeness (QED) is 0.595. The van der Waals surface area contributed by atoms with Crippen molar-refractivity contribution < 1.29 is 9.59 Å². The number of amides is 2. The molecule has 7 heteroatoms. The summed E-state index contributed by atoms with van der Waals surface area (Å²) in [5.41, 5.74) is 2.73. The van der Waals surface area contributed by atoms with E-state index in [2.05, 4.69) is 15.6 Å². The second kappa shape index (κ2) is 9.34. The van der Waals surface area contributed by atoms with E-state index in [4.69, 9.17) is 0 Å². The number of thiazole rings is 1. The largest absolute Gasteiger partial charge is 0.347 e. The van der Waals surface area contributed by atoms with E-state index in [9.17, 15) is 9.59 Å². The molecule has 0 saturated heterocycles. The lowest BCUT2D eigenvalue weighted by molar-refractivity contribution is -0.123. The molecular formula is C20H19N3O2S2. The SMILES string of the molecule is CSc1ccc(-c2csc(NC(=O)CNC(=O)Cc3ccccc3)n2)cc1. The zero-order valence-electron chi connectivity index (χ0n) is 14.8. The van der Waals surface area contributed by atoms with Gasteiger partial charge in [-0.15, -0.1) is 23.1 Å². The van der Waals surface area contributed by atoms with Crippen LogP contribution in [0.2, 0.25) is 0 Å². The Hall–Kier alpha value is -2.64. The predicted molar refractivity (Wildman–Crippen MR) is 111 cm³/mol. The summed E-state index contributed by atoms with van der Waals surface area (Å²) in [6.07, 6.45) is 2.28. The van der Waals surface area contributed by atoms with Gasteiger partial charge >= 0.3 is 0 Å². The summed E-state index contributed by atoms with van der Waals surface area (Å²) in [4.78, 5) is 29.6. The van der Waals surface area contributed by atoms with Gasteiger partial charge in [0.25, 0.3) is 0 Å². The number of anilines is 1. The summed E-state index contributed by atoms with van der Waals surface area (Å²) in [5, 5.41) is 7.76. The van der Waals surface area contributed by atoms with Crippen LogP contribution in [-0.4, -0.2) is 29.6 Å². The van der Waals surface area contributed by atoms with Crippen LogP contribution in [0.5, 0.6) is 0 Å². The van der Waals surface area contributed by atoms with Gasteiger partial charge in [-0.25, -0.2) is 4.98 Å². The lowest BCUT2D eigenvalue weighted by Crippen LogP contribution is -2.33. The zero-order chi connectivity index (χ0) is 19.1. The van der Waals surface area contributed by atoms with Gasteiger partial charge in [0, 0.05) is 15.8 Å². The summed E-state index contributed by atoms with van der Waals surface area (Å²) in [7, 11) is 0. The van der Waals surface area contributed by atoms with Gasteiger partial charge in [0.1, 0.15) is 0 Å². The van der Waals surface area contributed by atoms with E-state index in [0.29, 0.717) is 5.13 Å². The third kappa shape index (κ3) is 5.67. The van der Waals surface area contributed by atoms with Crippen molar-refractivity contribution in [1.29, 1.82) is 0 Å². The number of thioether (sulfide) groups is 1. The van der Waals surface area contributed by atoms with Crippen molar-refractivity contribution >= 4 is 40.0 Å². The predicted octanol–water partition coefficient (Wildman–Crippen LogP) is 3.83. The van der Waals surface area contributed by atoms with Crippen LogP contribution in [0, 0.1) is 0 Å². The fraction of sp³-hybridized carbons (Fsp3) is 0.150. The molecule has 0 spiro atoms. The van der Waals surface area contributed by atoms with Gasteiger partial charge in [-0.05, 0) is 24.0 Å². The summed E-state index contributed by atoms with van der Waals surface area (Å²) in [6.45, 7) is -0.0804. The minimum absolute atomic E-state index is 0.0804. The van der Waals surface area contributed by atoms with E-state index in [1.54, 1.807) is 11.8 Å². The molecule has 0 aliphatic carbocycles. The van der Waals surface area contributed by atoms with Crippen molar-refractivity contribution in [3.05, 3.63) is 65.5 Å². The highest BCUT2D eigenvalue weighted by Crippen LogP contribution is 2.26. The van der Waals surface area contributed by atoms with Gasteiger partial charge in [0.2, 0.25) is 11.8 Å². The second-order valence-corrected chi connectivity index (χ2v) is 7.49. The molecule has 3 aromatic rings. The Bertz CT molecular complexity index is 908. The fourth-order valence-corrected chi connectivity index (χ4v) is 3.56. The number of nitrogens with one attached hydrogen (secondary N) is 2. The highest BCUT2D eigenvalue weighted by molar-refractivity contribution is 7.98. The number of carbonyl (C=O) groups excluding carboxylic acids is 2. The van der Waals surface area contributed by atoms with Crippen molar-refractivity contribution in [1.82, 2.24) is 10.3 Å². The third-order valence-corrected chi connectivity index (χ3v) is 5.29. The molecule has 3 rings (SSSR count). The summed E-state index contributed by atoms with van der Waals surface area (Å²) >= 11 is 3.04. The van der Waals surface area contributed by atoms with Crippen LogP contribution in [0.4, 0.5) is 5.13 Å². The Kier molecular flexibility index (Phi) is 6.62. The maximum absolute atomic E-state index is 12.0. The molecule has 0 bridgehead atoms. The van der Waals surface area contributed by atoms with Crippen molar-refractivity contribution in [2.75, 3.05) is 18.1 Å². The molecule has 0 aliphatic rings. The molecule has 138 valence electrons. The van der Waals surface area contributed by atoms with Crippen LogP contribution >= 0.6 is 23.1 Å². The molecule has 0 saturated carbocycles. The maximum atomic E-state index is 12.0. The van der Waals surface area contributed by atoms with Gasteiger partial charge in [0.15, 0.2) is 5.13 Å². The van der Waals surface area contributed by atoms with E-state index in [1.165, 1.54) is 16.2 Å². The highest BCUT2D eigenvalue weighted by Gasteiger charge is 2.10. The minimum atomic E-state index is -0.296. The van der Waals surface area contributed by atoms with Gasteiger partial charge in [0.05, 0.1) is 18.7 Å². The minimum Gasteiger partial charge on any atom is -0.347 e. The standard InChI is InChI=1S/C20H19N3O2S2/c1-26-16-9-7-15(8-10-16)17-13-27-20(22-17)23-19(25)12-21-18(24)11-14-5-3-2-4-6-14/h2-10,13H,11-12H2,1H3,(H,21,24)(H,22,23,25). The Morgan fingerprint density at radius 3 is 2.48 bits per heavy atom. The number of carbonyl (C=O) groups is 2. The van der Waals surface area contributed by atoms with Crippen molar-refractivity contribution in [2.24, 2.45) is 0 Å². The Morgan fingerprint density at radius 1 is 1.04 bits per heavy atom. The first-order valence-corrected chi connectivity index (χ1v) is 10.4. The lowest BCUT2D eigenvalue weighted by atomic mass is 10.1. The summed E-state index contributed by atoms with van der Waals surface area (Å²) in [6, 6.07) is 17.5. The first-order valence-electron chi connectivity index (χ1n) is 8.34. The van der Waals surface area contributed by atoms with Crippen LogP contribution in [0.15, 0.2) is 64.9 Å². The number of rotatable bonds is 7. The van der Waals surface area contributed by atoms with Gasteiger partial charge < -0.3 is 10.6 Å². The molecular weight excluding hydrogens is 378 g/mol. The van der Waals surface area contributed by atoms with Crippen LogP contribution < -0.4 is 10.6 Å². The third-order valence-electron chi connectivity index (χ3n) is 3.79. The molecule has 2 N–H and O–H groups in total. The molecule has 5 nitrogen and oxygen atoms in total. The second-order valence-electron chi connectivity index (χ2n) is 5.75. The molecule has 2 aromatic carbocycles. The normalized spacial score (nSPS) is 10.4. The maximum Gasteiger partial charge on any atom is 0.245 e. The zero-order valence-corrected chi connectivity index (χ0v) is 16.4. The first kappa shape index (κ1) is 19.1. The Labute approximate surface area is 166 Å². The van der Waals surface area contributed by atoms with Crippen molar-refractivity contribution in [2.45, 2.75) is 11.3 Å². The lowest BCUT2D eigenvalue weighted by Gasteiger charge is -2.05. The summed E-state index contributed by atoms with van der Waals surface area (Å²) < 4.78 is 0. The first-order chi connectivity index (χ1) is 13.1. The Balaban J connectivity index is 1.49. The smallest absolute Gasteiger partial charge is 0.245 e. The van der Waals surface area contributed by atoms with Crippen LogP contribution in [0.25, 0.3) is 11.3 Å². The molecule has 2 amide bonds. The average Bonchev–Trinajstić information content (AvgIpc) is 3.15. The van der Waals surface area contributed by atoms with E-state index in [0.717, 1.165) is 16.8 Å². The summed E-state index contributed by atoms with van der Waals surface area (Å²) in [5.74, 6) is -0.486. The van der Waals surface area contributed by atoms with Gasteiger partial charge in [-0.3, -0.25) is 9.59 Å². The number of aromatic nitrogens is 1. The van der Waals surface area contributed by atoms with Crippen molar-refractivity contribution in [3.8, 4) is 11.3 Å². The van der Waals surface area contributed by atoms with Gasteiger partial charge in [-0.2, -0.15) is 0 Å². The molecule has 0 aliphatic heterocycles. The monoisotopic (exact) mass is 397 g/mol. The Morgan fingerprint density at radius 2 is 1.78 bits per heavy atom. The average molecular weight is 398 g/mol. The van der Waals surface area contributed by atoms with Crippen molar-refractivity contribution in [3.63, 3.8) is 0 Å². The molecule has 0 radical (unpaired) electrons. The van der Waals surface area contributed by atoms with E-state index in [-0.39, 0.29) is 24.8 Å². The molecule has 1 aromatic heterocycles. The fourth-order valence-electron chi connectivity index (χ4n) is 2.41. The van der Waals surface area contributed by atoms with Crippen LogP contribution in [0.1, 0.15) is 5.56 Å². The topological polar surface area (TPSA) is 71.1 Å². The van der Waals surface area contributed by atoms with Gasteiger partial charge in [-0.1, -0.05) is 42.5 Å². The molecule has 0 atom stereocenters. The number of benzene rings is 2. The number of hydrogen-bond donors (Lipinski definition) is 2. The molecule has 27 heavy (non-hydrogen) atoms. The van der Waals surface area contributed by atoms with Crippen LogP contribution in [0.3, 0.4) is 0 Å². The highest BCUT2D eigenvalue weighted by atomic mass is 32.2. The van der Waals surface area contributed by atoms with E-state index < -0.39 is 0 Å². The molecule has 0 unspecified atom stereocenters. The molecule has 1 heterocycles. The van der Waals surface area contributed by atoms with E-state index in [1.807, 2.05) is 66.2 Å². The van der Waals surface area contributed by atoms with Crippen LogP contribution in [-0.2, 0) is 16.0 Å². The number of nitrogens with zero attached hydrogens (tertiary/aromatic N) is 1. The van der Waals surface area contributed by atoms with E-state index >= 15 is 0 Å². The number of hydrogen-bond acceptors (Lipinski definition) is 5. The molecule has 0 fully saturated rings.